The molecule has 5 heteroatoms. The van der Waals surface area contributed by atoms with Crippen LogP contribution in [0.3, 0.4) is 0 Å². The Balaban J connectivity index is 1.96. The summed E-state index contributed by atoms with van der Waals surface area (Å²) < 4.78 is 10.4. The van der Waals surface area contributed by atoms with Crippen LogP contribution in [0.1, 0.15) is 24.8 Å². The van der Waals surface area contributed by atoms with E-state index in [0.717, 1.165) is 24.8 Å². The van der Waals surface area contributed by atoms with Crippen LogP contribution in [0.4, 0.5) is 0 Å². The molecular weight excluding hydrogens is 270 g/mol. The Kier molecular flexibility index (Phi) is 5.44. The molecule has 2 unspecified atom stereocenters. The number of ether oxygens (including phenoxy) is 2. The molecule has 1 aromatic carbocycles. The summed E-state index contributed by atoms with van der Waals surface area (Å²) in [4.78, 5) is 12.1. The summed E-state index contributed by atoms with van der Waals surface area (Å²) >= 11 is 0. The molecule has 2 atom stereocenters. The monoisotopic (exact) mass is 293 g/mol. The van der Waals surface area contributed by atoms with E-state index >= 15 is 0 Å². The van der Waals surface area contributed by atoms with Crippen molar-refractivity contribution in [3.05, 3.63) is 23.8 Å². The summed E-state index contributed by atoms with van der Waals surface area (Å²) in [5, 5.41) is 12.3. The number of methoxy groups -OCH3 is 2. The number of amides is 1. The Morgan fingerprint density at radius 2 is 2.05 bits per heavy atom. The molecule has 1 aliphatic carbocycles. The Morgan fingerprint density at radius 1 is 1.29 bits per heavy atom. The Labute approximate surface area is 125 Å². The first-order valence-electron chi connectivity index (χ1n) is 7.29. The van der Waals surface area contributed by atoms with Gasteiger partial charge in [-0.05, 0) is 30.5 Å². The predicted octanol–water partition coefficient (Wildman–Crippen LogP) is 1.52. The molecule has 1 aromatic rings. The van der Waals surface area contributed by atoms with Crippen LogP contribution in [-0.4, -0.2) is 37.9 Å². The van der Waals surface area contributed by atoms with Gasteiger partial charge in [0.1, 0.15) is 0 Å². The zero-order chi connectivity index (χ0) is 15.2. The number of hydrogen-bond donors (Lipinski definition) is 2. The van der Waals surface area contributed by atoms with Gasteiger partial charge in [-0.25, -0.2) is 0 Å². The minimum absolute atomic E-state index is 0.0208. The lowest BCUT2D eigenvalue weighted by Crippen LogP contribution is -2.39. The quantitative estimate of drug-likeness (QED) is 0.834. The van der Waals surface area contributed by atoms with Crippen molar-refractivity contribution in [3.8, 4) is 11.5 Å². The summed E-state index contributed by atoms with van der Waals surface area (Å²) in [6, 6.07) is 5.58. The topological polar surface area (TPSA) is 67.8 Å². The third-order valence-electron chi connectivity index (χ3n) is 4.05. The number of aliphatic hydroxyl groups excluding tert-OH is 1. The average Bonchev–Trinajstić information content (AvgIpc) is 2.94. The van der Waals surface area contributed by atoms with E-state index in [9.17, 15) is 9.90 Å². The van der Waals surface area contributed by atoms with Gasteiger partial charge < -0.3 is 19.9 Å². The molecular formula is C16H23NO4. The SMILES string of the molecule is COc1ccc(CC(=O)NC2CCCC2CO)cc1OC. The fourth-order valence-corrected chi connectivity index (χ4v) is 2.88. The first-order valence-corrected chi connectivity index (χ1v) is 7.29. The van der Waals surface area contributed by atoms with Gasteiger partial charge in [-0.15, -0.1) is 0 Å². The number of carbonyl (C=O) groups excluding carboxylic acids is 1. The fourth-order valence-electron chi connectivity index (χ4n) is 2.88. The summed E-state index contributed by atoms with van der Waals surface area (Å²) in [6.45, 7) is 0.140. The molecule has 2 rings (SSSR count). The number of nitrogens with one attached hydrogen (secondary N) is 1. The molecule has 116 valence electrons. The summed E-state index contributed by atoms with van der Waals surface area (Å²) in [7, 11) is 3.16. The summed E-state index contributed by atoms with van der Waals surface area (Å²) in [5.41, 5.74) is 0.878. The molecule has 0 saturated heterocycles. The minimum Gasteiger partial charge on any atom is -0.493 e. The van der Waals surface area contributed by atoms with Gasteiger partial charge in [0, 0.05) is 18.6 Å². The van der Waals surface area contributed by atoms with Crippen LogP contribution in [0, 0.1) is 5.92 Å². The van der Waals surface area contributed by atoms with Gasteiger partial charge in [0.15, 0.2) is 11.5 Å². The second-order valence-corrected chi connectivity index (χ2v) is 5.41. The Bertz CT molecular complexity index is 489. The van der Waals surface area contributed by atoms with Crippen molar-refractivity contribution in [2.75, 3.05) is 20.8 Å². The second-order valence-electron chi connectivity index (χ2n) is 5.41. The van der Waals surface area contributed by atoms with Gasteiger partial charge in [0.25, 0.3) is 0 Å². The molecule has 2 N–H and O–H groups in total. The van der Waals surface area contributed by atoms with E-state index in [1.807, 2.05) is 12.1 Å². The van der Waals surface area contributed by atoms with Crippen molar-refractivity contribution in [1.29, 1.82) is 0 Å². The van der Waals surface area contributed by atoms with Gasteiger partial charge in [-0.1, -0.05) is 12.5 Å². The molecule has 21 heavy (non-hydrogen) atoms. The van der Waals surface area contributed by atoms with Crippen LogP contribution in [0.2, 0.25) is 0 Å². The van der Waals surface area contributed by atoms with Crippen molar-refractivity contribution in [3.63, 3.8) is 0 Å². The van der Waals surface area contributed by atoms with E-state index in [4.69, 9.17) is 9.47 Å². The molecule has 0 spiro atoms. The maximum absolute atomic E-state index is 12.1. The zero-order valence-corrected chi connectivity index (χ0v) is 12.6. The highest BCUT2D eigenvalue weighted by Gasteiger charge is 2.27. The summed E-state index contributed by atoms with van der Waals surface area (Å²) in [6.07, 6.45) is 3.29. The highest BCUT2D eigenvalue weighted by molar-refractivity contribution is 5.79. The third-order valence-corrected chi connectivity index (χ3v) is 4.05. The molecule has 5 nitrogen and oxygen atoms in total. The standard InChI is InChI=1S/C16H23NO4/c1-20-14-7-6-11(8-15(14)21-2)9-16(19)17-13-5-3-4-12(13)10-18/h6-8,12-13,18H,3-5,9-10H2,1-2H3,(H,17,19). The highest BCUT2D eigenvalue weighted by Crippen LogP contribution is 2.28. The van der Waals surface area contributed by atoms with Gasteiger partial charge in [-0.2, -0.15) is 0 Å². The largest absolute Gasteiger partial charge is 0.493 e. The molecule has 0 aromatic heterocycles. The molecule has 1 fully saturated rings. The van der Waals surface area contributed by atoms with E-state index < -0.39 is 0 Å². The van der Waals surface area contributed by atoms with Gasteiger partial charge in [-0.3, -0.25) is 4.79 Å². The van der Waals surface area contributed by atoms with Crippen LogP contribution in [-0.2, 0) is 11.2 Å². The van der Waals surface area contributed by atoms with Gasteiger partial charge >= 0.3 is 0 Å². The van der Waals surface area contributed by atoms with E-state index in [-0.39, 0.29) is 24.5 Å². The normalized spacial score (nSPS) is 21.1. The van der Waals surface area contributed by atoms with Crippen LogP contribution in [0.25, 0.3) is 0 Å². The smallest absolute Gasteiger partial charge is 0.224 e. The Morgan fingerprint density at radius 3 is 2.71 bits per heavy atom. The first-order chi connectivity index (χ1) is 10.2. The maximum Gasteiger partial charge on any atom is 0.224 e. The van der Waals surface area contributed by atoms with Crippen molar-refractivity contribution < 1.29 is 19.4 Å². The van der Waals surface area contributed by atoms with Crippen molar-refractivity contribution >= 4 is 5.91 Å². The molecule has 1 aliphatic rings. The van der Waals surface area contributed by atoms with Crippen LogP contribution >= 0.6 is 0 Å². The second kappa shape index (κ2) is 7.31. The molecule has 0 aliphatic heterocycles. The van der Waals surface area contributed by atoms with Crippen LogP contribution < -0.4 is 14.8 Å². The first kappa shape index (κ1) is 15.6. The molecule has 1 amide bonds. The lowest BCUT2D eigenvalue weighted by molar-refractivity contribution is -0.121. The maximum atomic E-state index is 12.1. The fraction of sp³-hybridized carbons (Fsp3) is 0.562. The van der Waals surface area contributed by atoms with E-state index in [1.54, 1.807) is 20.3 Å². The number of aliphatic hydroxyl groups is 1. The van der Waals surface area contributed by atoms with Crippen LogP contribution in [0.5, 0.6) is 11.5 Å². The zero-order valence-electron chi connectivity index (χ0n) is 12.6. The van der Waals surface area contributed by atoms with E-state index in [2.05, 4.69) is 5.32 Å². The van der Waals surface area contributed by atoms with Gasteiger partial charge in [0.2, 0.25) is 5.91 Å². The number of carbonyl (C=O) groups is 1. The predicted molar refractivity (Wildman–Crippen MR) is 79.6 cm³/mol. The number of benzene rings is 1. The van der Waals surface area contributed by atoms with Crippen molar-refractivity contribution in [2.45, 2.75) is 31.7 Å². The van der Waals surface area contributed by atoms with Crippen molar-refractivity contribution in [2.24, 2.45) is 5.92 Å². The lowest BCUT2D eigenvalue weighted by atomic mass is 10.0. The lowest BCUT2D eigenvalue weighted by Gasteiger charge is -2.19. The molecule has 0 heterocycles. The van der Waals surface area contributed by atoms with Crippen LogP contribution in [0.15, 0.2) is 18.2 Å². The molecule has 0 bridgehead atoms. The number of rotatable bonds is 6. The van der Waals surface area contributed by atoms with Gasteiger partial charge in [0.05, 0.1) is 20.6 Å². The number of hydrogen-bond acceptors (Lipinski definition) is 4. The average molecular weight is 293 g/mol. The van der Waals surface area contributed by atoms with Crippen molar-refractivity contribution in [1.82, 2.24) is 5.32 Å². The highest BCUT2D eigenvalue weighted by atomic mass is 16.5. The third kappa shape index (κ3) is 3.88. The summed E-state index contributed by atoms with van der Waals surface area (Å²) in [5.74, 6) is 1.45. The molecule has 0 radical (unpaired) electrons. The molecule has 1 saturated carbocycles. The minimum atomic E-state index is -0.0208. The van der Waals surface area contributed by atoms with E-state index in [1.165, 1.54) is 0 Å². The van der Waals surface area contributed by atoms with E-state index in [0.29, 0.717) is 17.9 Å². The Hall–Kier alpha value is -1.75.